The molecule has 2 unspecified atom stereocenters. The van der Waals surface area contributed by atoms with Crippen LogP contribution in [0.5, 0.6) is 0 Å². The van der Waals surface area contributed by atoms with Crippen LogP contribution in [0.2, 0.25) is 0 Å². The Hall–Kier alpha value is 0.220. The van der Waals surface area contributed by atoms with Gasteiger partial charge in [-0.1, -0.05) is 41.9 Å². The van der Waals surface area contributed by atoms with Crippen molar-refractivity contribution in [1.29, 1.82) is 0 Å². The van der Waals surface area contributed by atoms with E-state index in [1.165, 1.54) is 5.57 Å². The highest BCUT2D eigenvalue weighted by molar-refractivity contribution is 9.09. The van der Waals surface area contributed by atoms with Crippen molar-refractivity contribution < 1.29 is 0 Å². The Morgan fingerprint density at radius 1 is 1.50 bits per heavy atom. The van der Waals surface area contributed by atoms with Crippen molar-refractivity contribution in [3.8, 4) is 0 Å². The number of hydrogen-bond acceptors (Lipinski definition) is 0. The Balaban J connectivity index is 3.64. The van der Waals surface area contributed by atoms with Crippen molar-refractivity contribution in [2.24, 2.45) is 5.92 Å². The third kappa shape index (κ3) is 2.51. The van der Waals surface area contributed by atoms with E-state index in [1.807, 2.05) is 0 Å². The summed E-state index contributed by atoms with van der Waals surface area (Å²) < 4.78 is 0. The highest BCUT2D eigenvalue weighted by atomic mass is 79.9. The smallest absolute Gasteiger partial charge is 0.0180 e. The van der Waals surface area contributed by atoms with Crippen LogP contribution in [0.3, 0.4) is 0 Å². The molecule has 0 aliphatic heterocycles. The second-order valence-corrected chi connectivity index (χ2v) is 3.76. The summed E-state index contributed by atoms with van der Waals surface area (Å²) in [6, 6.07) is 0. The molecule has 0 bridgehead atoms. The summed E-state index contributed by atoms with van der Waals surface area (Å²) in [5.74, 6) is 0.593. The summed E-state index contributed by atoms with van der Waals surface area (Å²) >= 11 is 3.48. The molecule has 0 spiro atoms. The molecule has 0 N–H and O–H groups in total. The number of halogens is 1. The lowest BCUT2D eigenvalue weighted by molar-refractivity contribution is 0.684. The summed E-state index contributed by atoms with van der Waals surface area (Å²) in [5, 5.41) is 0. The standard InChI is InChI=1S/C7H13Br/c1-5(2)6(3)7(4)8/h6-7H,1H2,2-4H3. The lowest BCUT2D eigenvalue weighted by Crippen LogP contribution is -2.06. The largest absolute Gasteiger partial charge is 0.0998 e. The summed E-state index contributed by atoms with van der Waals surface area (Å²) in [6.07, 6.45) is 0. The highest BCUT2D eigenvalue weighted by Gasteiger charge is 2.07. The molecule has 0 aliphatic rings. The van der Waals surface area contributed by atoms with Crippen molar-refractivity contribution in [3.05, 3.63) is 12.2 Å². The molecule has 0 aromatic heterocycles. The summed E-state index contributed by atoms with van der Waals surface area (Å²) in [6.45, 7) is 10.2. The van der Waals surface area contributed by atoms with Crippen LogP contribution in [0.25, 0.3) is 0 Å². The number of alkyl halides is 1. The molecule has 0 nitrogen and oxygen atoms in total. The summed E-state index contributed by atoms with van der Waals surface area (Å²) in [7, 11) is 0. The number of allylic oxidation sites excluding steroid dienone is 1. The number of rotatable bonds is 2. The molecule has 8 heavy (non-hydrogen) atoms. The molecule has 0 radical (unpaired) electrons. The third-order valence-electron chi connectivity index (χ3n) is 1.47. The second kappa shape index (κ2) is 3.29. The fraction of sp³-hybridized carbons (Fsp3) is 0.714. The van der Waals surface area contributed by atoms with Crippen LogP contribution in [0.4, 0.5) is 0 Å². The monoisotopic (exact) mass is 176 g/mol. The van der Waals surface area contributed by atoms with Crippen molar-refractivity contribution >= 4 is 15.9 Å². The Morgan fingerprint density at radius 2 is 1.88 bits per heavy atom. The van der Waals surface area contributed by atoms with Gasteiger partial charge >= 0.3 is 0 Å². The van der Waals surface area contributed by atoms with Crippen molar-refractivity contribution in [1.82, 2.24) is 0 Å². The van der Waals surface area contributed by atoms with E-state index in [0.717, 1.165) is 0 Å². The fourth-order valence-electron chi connectivity index (χ4n) is 0.392. The highest BCUT2D eigenvalue weighted by Crippen LogP contribution is 2.17. The van der Waals surface area contributed by atoms with Crippen LogP contribution in [0.15, 0.2) is 12.2 Å². The predicted octanol–water partition coefficient (Wildman–Crippen LogP) is 2.98. The molecule has 48 valence electrons. The molecule has 0 aliphatic carbocycles. The zero-order valence-electron chi connectivity index (χ0n) is 5.74. The van der Waals surface area contributed by atoms with Gasteiger partial charge in [0.1, 0.15) is 0 Å². The van der Waals surface area contributed by atoms with Gasteiger partial charge < -0.3 is 0 Å². The molecule has 0 rings (SSSR count). The van der Waals surface area contributed by atoms with Crippen LogP contribution in [-0.2, 0) is 0 Å². The van der Waals surface area contributed by atoms with Crippen LogP contribution in [0.1, 0.15) is 20.8 Å². The molecule has 0 aromatic carbocycles. The van der Waals surface area contributed by atoms with E-state index in [9.17, 15) is 0 Å². The zero-order chi connectivity index (χ0) is 6.73. The van der Waals surface area contributed by atoms with Crippen molar-refractivity contribution in [2.45, 2.75) is 25.6 Å². The lowest BCUT2D eigenvalue weighted by atomic mass is 10.0. The van der Waals surface area contributed by atoms with Crippen LogP contribution in [0, 0.1) is 5.92 Å². The van der Waals surface area contributed by atoms with E-state index in [0.29, 0.717) is 10.7 Å². The fourth-order valence-corrected chi connectivity index (χ4v) is 0.843. The first-order valence-electron chi connectivity index (χ1n) is 2.85. The average molecular weight is 177 g/mol. The molecule has 0 saturated heterocycles. The normalized spacial score (nSPS) is 17.5. The zero-order valence-corrected chi connectivity index (χ0v) is 7.33. The van der Waals surface area contributed by atoms with E-state index in [2.05, 4.69) is 43.3 Å². The number of hydrogen-bond donors (Lipinski definition) is 0. The molecule has 0 fully saturated rings. The Labute approximate surface area is 60.1 Å². The molecular formula is C7H13Br. The van der Waals surface area contributed by atoms with Crippen molar-refractivity contribution in [3.63, 3.8) is 0 Å². The van der Waals surface area contributed by atoms with Crippen molar-refractivity contribution in [2.75, 3.05) is 0 Å². The molecule has 0 aromatic rings. The topological polar surface area (TPSA) is 0 Å². The first-order chi connectivity index (χ1) is 3.55. The van der Waals surface area contributed by atoms with Gasteiger partial charge in [0.05, 0.1) is 0 Å². The minimum atomic E-state index is 0.556. The molecule has 1 heteroatoms. The minimum Gasteiger partial charge on any atom is -0.0998 e. The van der Waals surface area contributed by atoms with Gasteiger partial charge in [-0.3, -0.25) is 0 Å². The third-order valence-corrected chi connectivity index (χ3v) is 2.26. The van der Waals surface area contributed by atoms with E-state index in [1.54, 1.807) is 0 Å². The van der Waals surface area contributed by atoms with Gasteiger partial charge in [0.2, 0.25) is 0 Å². The Bertz CT molecular complexity index is 84.4. The molecule has 2 atom stereocenters. The Morgan fingerprint density at radius 3 is 1.88 bits per heavy atom. The molecular weight excluding hydrogens is 164 g/mol. The van der Waals surface area contributed by atoms with Gasteiger partial charge in [0, 0.05) is 4.83 Å². The van der Waals surface area contributed by atoms with Gasteiger partial charge in [-0.25, -0.2) is 0 Å². The van der Waals surface area contributed by atoms with Gasteiger partial charge in [0.25, 0.3) is 0 Å². The Kier molecular flexibility index (Phi) is 3.38. The second-order valence-electron chi connectivity index (χ2n) is 2.31. The van der Waals surface area contributed by atoms with Gasteiger partial charge in [0.15, 0.2) is 0 Å². The first kappa shape index (κ1) is 8.22. The SMILES string of the molecule is C=C(C)C(C)C(C)Br. The predicted molar refractivity (Wildman–Crippen MR) is 42.4 cm³/mol. The van der Waals surface area contributed by atoms with Crippen LogP contribution < -0.4 is 0 Å². The maximum Gasteiger partial charge on any atom is 0.0180 e. The van der Waals surface area contributed by atoms with E-state index >= 15 is 0 Å². The molecule has 0 heterocycles. The average Bonchev–Trinajstić information content (AvgIpc) is 1.64. The van der Waals surface area contributed by atoms with E-state index < -0.39 is 0 Å². The lowest BCUT2D eigenvalue weighted by Gasteiger charge is -2.12. The summed E-state index contributed by atoms with van der Waals surface area (Å²) in [4.78, 5) is 0.556. The quantitative estimate of drug-likeness (QED) is 0.449. The maximum atomic E-state index is 3.85. The first-order valence-corrected chi connectivity index (χ1v) is 3.76. The molecule has 0 amide bonds. The van der Waals surface area contributed by atoms with E-state index in [-0.39, 0.29) is 0 Å². The molecule has 0 saturated carbocycles. The van der Waals surface area contributed by atoms with E-state index in [4.69, 9.17) is 0 Å². The van der Waals surface area contributed by atoms with Crippen LogP contribution in [-0.4, -0.2) is 4.83 Å². The van der Waals surface area contributed by atoms with Gasteiger partial charge in [-0.15, -0.1) is 0 Å². The minimum absolute atomic E-state index is 0.556. The van der Waals surface area contributed by atoms with Gasteiger partial charge in [-0.2, -0.15) is 0 Å². The van der Waals surface area contributed by atoms with Crippen LogP contribution >= 0.6 is 15.9 Å². The summed E-state index contributed by atoms with van der Waals surface area (Å²) in [5.41, 5.74) is 1.24. The maximum absolute atomic E-state index is 3.85. The van der Waals surface area contributed by atoms with Gasteiger partial charge in [-0.05, 0) is 12.8 Å².